The Balaban J connectivity index is 2.83. The van der Waals surface area contributed by atoms with Gasteiger partial charge in [-0.15, -0.1) is 0 Å². The first-order valence-electron chi connectivity index (χ1n) is 5.55. The van der Waals surface area contributed by atoms with Gasteiger partial charge in [0.2, 0.25) is 0 Å². The molecule has 0 aliphatic rings. The predicted octanol–water partition coefficient (Wildman–Crippen LogP) is 2.68. The average molecular weight is 291 g/mol. The first-order chi connectivity index (χ1) is 8.47. The van der Waals surface area contributed by atoms with Crippen LogP contribution in [0.15, 0.2) is 12.1 Å². The lowest BCUT2D eigenvalue weighted by molar-refractivity contribution is 0.0710. The number of nitrogens with two attached hydrogens (primary N) is 1. The maximum atomic E-state index is 12.1. The van der Waals surface area contributed by atoms with Crippen LogP contribution in [0.5, 0.6) is 0 Å². The Hall–Kier alpha value is -0.970. The highest BCUT2D eigenvalue weighted by Crippen LogP contribution is 2.29. The fourth-order valence-corrected chi connectivity index (χ4v) is 1.84. The number of carbonyl (C=O) groups is 1. The molecule has 0 radical (unpaired) electrons. The van der Waals surface area contributed by atoms with Gasteiger partial charge in [0, 0.05) is 25.9 Å². The van der Waals surface area contributed by atoms with E-state index in [1.807, 2.05) is 6.92 Å². The van der Waals surface area contributed by atoms with Gasteiger partial charge in [0.05, 0.1) is 22.2 Å². The average Bonchev–Trinajstić information content (AvgIpc) is 2.33. The summed E-state index contributed by atoms with van der Waals surface area (Å²) in [5.74, 6) is -0.228. The van der Waals surface area contributed by atoms with Crippen LogP contribution in [0.1, 0.15) is 17.3 Å². The molecule has 1 aromatic rings. The van der Waals surface area contributed by atoms with Crippen LogP contribution in [0.4, 0.5) is 5.69 Å². The Kier molecular flexibility index (Phi) is 5.72. The van der Waals surface area contributed by atoms with Gasteiger partial charge in [-0.25, -0.2) is 0 Å². The molecule has 100 valence electrons. The maximum Gasteiger partial charge on any atom is 0.255 e. The molecular weight excluding hydrogens is 275 g/mol. The van der Waals surface area contributed by atoms with Crippen molar-refractivity contribution in [3.8, 4) is 0 Å². The van der Waals surface area contributed by atoms with E-state index in [-0.39, 0.29) is 16.0 Å². The van der Waals surface area contributed by atoms with Crippen molar-refractivity contribution in [2.24, 2.45) is 0 Å². The minimum absolute atomic E-state index is 0.221. The minimum atomic E-state index is -0.228. The molecule has 18 heavy (non-hydrogen) atoms. The molecule has 2 N–H and O–H groups in total. The first-order valence-corrected chi connectivity index (χ1v) is 6.30. The number of ether oxygens (including phenoxy) is 1. The van der Waals surface area contributed by atoms with Gasteiger partial charge in [0.15, 0.2) is 0 Å². The molecule has 0 bridgehead atoms. The Bertz CT molecular complexity index is 438. The summed E-state index contributed by atoms with van der Waals surface area (Å²) in [7, 11) is 1.68. The number of halogens is 2. The van der Waals surface area contributed by atoms with Gasteiger partial charge >= 0.3 is 0 Å². The highest BCUT2D eigenvalue weighted by Gasteiger charge is 2.17. The molecule has 0 heterocycles. The lowest BCUT2D eigenvalue weighted by Gasteiger charge is -2.18. The fourth-order valence-electron chi connectivity index (χ4n) is 1.42. The van der Waals surface area contributed by atoms with Crippen molar-refractivity contribution in [2.75, 3.05) is 32.5 Å². The van der Waals surface area contributed by atoms with Crippen molar-refractivity contribution in [1.82, 2.24) is 4.90 Å². The SMILES string of the molecule is CCOCCN(C)C(=O)c1cc(N)cc(Cl)c1Cl. The van der Waals surface area contributed by atoms with Gasteiger partial charge in [-0.1, -0.05) is 23.2 Å². The van der Waals surface area contributed by atoms with Gasteiger partial charge in [-0.3, -0.25) is 4.79 Å². The number of anilines is 1. The number of rotatable bonds is 5. The van der Waals surface area contributed by atoms with Crippen LogP contribution < -0.4 is 5.73 Å². The number of nitrogen functional groups attached to an aromatic ring is 1. The molecule has 4 nitrogen and oxygen atoms in total. The van der Waals surface area contributed by atoms with Crippen molar-refractivity contribution in [1.29, 1.82) is 0 Å². The molecule has 1 rings (SSSR count). The van der Waals surface area contributed by atoms with Crippen LogP contribution in [0.25, 0.3) is 0 Å². The second kappa shape index (κ2) is 6.83. The molecule has 1 aromatic carbocycles. The molecule has 0 fully saturated rings. The quantitative estimate of drug-likeness (QED) is 0.670. The second-order valence-corrected chi connectivity index (χ2v) is 4.57. The van der Waals surface area contributed by atoms with E-state index in [1.54, 1.807) is 7.05 Å². The highest BCUT2D eigenvalue weighted by molar-refractivity contribution is 6.44. The summed E-state index contributed by atoms with van der Waals surface area (Å²) in [6.07, 6.45) is 0. The summed E-state index contributed by atoms with van der Waals surface area (Å²) in [5, 5.41) is 0.498. The molecule has 0 aromatic heterocycles. The molecular formula is C12H16Cl2N2O2. The van der Waals surface area contributed by atoms with Crippen molar-refractivity contribution in [3.63, 3.8) is 0 Å². The zero-order chi connectivity index (χ0) is 13.7. The molecule has 0 aliphatic heterocycles. The first kappa shape index (κ1) is 15.1. The Labute approximate surface area is 117 Å². The highest BCUT2D eigenvalue weighted by atomic mass is 35.5. The number of amides is 1. The van der Waals surface area contributed by atoms with Gasteiger partial charge < -0.3 is 15.4 Å². The predicted molar refractivity (Wildman–Crippen MR) is 74.3 cm³/mol. The number of likely N-dealkylation sites (N-methyl/N-ethyl adjacent to an activating group) is 1. The summed E-state index contributed by atoms with van der Waals surface area (Å²) < 4.78 is 5.19. The molecule has 0 spiro atoms. The zero-order valence-electron chi connectivity index (χ0n) is 10.4. The van der Waals surface area contributed by atoms with Gasteiger partial charge in [0.25, 0.3) is 5.91 Å². The van der Waals surface area contributed by atoms with Crippen LogP contribution in [-0.2, 0) is 4.74 Å². The third-order valence-electron chi connectivity index (χ3n) is 2.40. The van der Waals surface area contributed by atoms with E-state index < -0.39 is 0 Å². The summed E-state index contributed by atoms with van der Waals surface area (Å²) in [6, 6.07) is 3.04. The Morgan fingerprint density at radius 1 is 1.44 bits per heavy atom. The van der Waals surface area contributed by atoms with E-state index in [1.165, 1.54) is 17.0 Å². The number of hydrogen-bond donors (Lipinski definition) is 1. The Morgan fingerprint density at radius 2 is 2.11 bits per heavy atom. The summed E-state index contributed by atoms with van der Waals surface area (Å²) >= 11 is 11.9. The van der Waals surface area contributed by atoms with Gasteiger partial charge in [-0.2, -0.15) is 0 Å². The van der Waals surface area contributed by atoms with Crippen LogP contribution >= 0.6 is 23.2 Å². The molecule has 0 aliphatic carbocycles. The summed E-state index contributed by atoms with van der Waals surface area (Å²) in [6.45, 7) is 3.48. The van der Waals surface area contributed by atoms with Crippen molar-refractivity contribution in [2.45, 2.75) is 6.92 Å². The number of benzene rings is 1. The third-order valence-corrected chi connectivity index (χ3v) is 3.20. The van der Waals surface area contributed by atoms with Crippen LogP contribution in [-0.4, -0.2) is 37.6 Å². The third kappa shape index (κ3) is 3.77. The lowest BCUT2D eigenvalue weighted by atomic mass is 10.1. The van der Waals surface area contributed by atoms with Crippen molar-refractivity contribution >= 4 is 34.8 Å². The van der Waals surface area contributed by atoms with E-state index >= 15 is 0 Å². The van der Waals surface area contributed by atoms with E-state index in [4.69, 9.17) is 33.7 Å². The standard InChI is InChI=1S/C12H16Cl2N2O2/c1-3-18-5-4-16(2)12(17)9-6-8(15)7-10(13)11(9)14/h6-7H,3-5,15H2,1-2H3. The van der Waals surface area contributed by atoms with E-state index in [0.29, 0.717) is 31.0 Å². The zero-order valence-corrected chi connectivity index (χ0v) is 11.9. The normalized spacial score (nSPS) is 10.4. The van der Waals surface area contributed by atoms with Crippen LogP contribution in [0.2, 0.25) is 10.0 Å². The molecule has 0 unspecified atom stereocenters. The second-order valence-electron chi connectivity index (χ2n) is 3.79. The van der Waals surface area contributed by atoms with Crippen LogP contribution in [0.3, 0.4) is 0 Å². The topological polar surface area (TPSA) is 55.6 Å². The smallest absolute Gasteiger partial charge is 0.255 e. The minimum Gasteiger partial charge on any atom is -0.399 e. The number of hydrogen-bond acceptors (Lipinski definition) is 3. The van der Waals surface area contributed by atoms with Crippen molar-refractivity contribution in [3.05, 3.63) is 27.7 Å². The maximum absolute atomic E-state index is 12.1. The number of carbonyl (C=O) groups excluding carboxylic acids is 1. The Morgan fingerprint density at radius 3 is 2.72 bits per heavy atom. The van der Waals surface area contributed by atoms with Crippen molar-refractivity contribution < 1.29 is 9.53 Å². The largest absolute Gasteiger partial charge is 0.399 e. The molecule has 0 saturated carbocycles. The summed E-state index contributed by atoms with van der Waals surface area (Å²) in [4.78, 5) is 13.7. The van der Waals surface area contributed by atoms with E-state index in [2.05, 4.69) is 0 Å². The van der Waals surface area contributed by atoms with E-state index in [0.717, 1.165) is 0 Å². The fraction of sp³-hybridized carbons (Fsp3) is 0.417. The monoisotopic (exact) mass is 290 g/mol. The van der Waals surface area contributed by atoms with Gasteiger partial charge in [-0.05, 0) is 19.1 Å². The molecule has 6 heteroatoms. The molecule has 0 atom stereocenters. The molecule has 1 amide bonds. The van der Waals surface area contributed by atoms with Gasteiger partial charge in [0.1, 0.15) is 0 Å². The number of nitrogens with zero attached hydrogens (tertiary/aromatic N) is 1. The van der Waals surface area contributed by atoms with E-state index in [9.17, 15) is 4.79 Å². The summed E-state index contributed by atoms with van der Waals surface area (Å²) in [5.41, 5.74) is 6.36. The van der Waals surface area contributed by atoms with Crippen LogP contribution in [0, 0.1) is 0 Å². The molecule has 0 saturated heterocycles. The lowest BCUT2D eigenvalue weighted by Crippen LogP contribution is -2.30.